The van der Waals surface area contributed by atoms with Gasteiger partial charge in [-0.2, -0.15) is 11.8 Å². The number of thioether (sulfide) groups is 1. The van der Waals surface area contributed by atoms with Crippen LogP contribution in [0.15, 0.2) is 0 Å². The van der Waals surface area contributed by atoms with Gasteiger partial charge in [-0.25, -0.2) is 0 Å². The summed E-state index contributed by atoms with van der Waals surface area (Å²) in [6, 6.07) is 4.52. The second kappa shape index (κ2) is 45.9. The van der Waals surface area contributed by atoms with Crippen LogP contribution in [-0.4, -0.2) is 46.8 Å². The van der Waals surface area contributed by atoms with Crippen LogP contribution in [0, 0.1) is 244 Å². The number of hydrogen-bond donors (Lipinski definition) is 3. The van der Waals surface area contributed by atoms with Crippen molar-refractivity contribution in [3.8, 4) is 0 Å². The van der Waals surface area contributed by atoms with Crippen LogP contribution in [0.2, 0.25) is 0 Å². The van der Waals surface area contributed by atoms with Crippen molar-refractivity contribution >= 4 is 11.8 Å². The van der Waals surface area contributed by atoms with E-state index in [1.807, 2.05) is 0 Å². The monoisotopic (exact) mass is 851 g/mol. The summed E-state index contributed by atoms with van der Waals surface area (Å²) in [5.41, 5.74) is 0. The first-order valence-electron chi connectivity index (χ1n) is 19.2. The fourth-order valence-electron chi connectivity index (χ4n) is 7.99. The molecule has 0 aromatic carbocycles. The van der Waals surface area contributed by atoms with E-state index in [-0.39, 0.29) is 226 Å². The molecule has 10 atom stereocenters. The van der Waals surface area contributed by atoms with Gasteiger partial charge in [0, 0.05) is 273 Å². The zero-order valence-corrected chi connectivity index (χ0v) is 38.3. The van der Waals surface area contributed by atoms with Crippen molar-refractivity contribution in [1.29, 1.82) is 0 Å². The SMILES string of the molecule is CCC1NC(CC)C(CC)C(C)C1CC.CCC1NC(CC)C(CC)SC1CC.CCCC(CC)NC(CC)CCC.[Ar].[Ar].[Ar].[Ar].[Ar].[Ar]. The Kier molecular flexibility index (Phi) is 67.2. The average Bonchev–Trinajstić information content (AvgIpc) is 3.03. The van der Waals surface area contributed by atoms with E-state index >= 15 is 0 Å². The Morgan fingerprint density at radius 1 is 0.458 bits per heavy atom. The molecule has 2 aliphatic rings. The van der Waals surface area contributed by atoms with Gasteiger partial charge in [0.1, 0.15) is 0 Å². The van der Waals surface area contributed by atoms with E-state index in [0.717, 1.165) is 64.5 Å². The van der Waals surface area contributed by atoms with Gasteiger partial charge in [-0.1, -0.05) is 116 Å². The number of rotatable bonds is 16. The average molecular weight is 852 g/mol. The summed E-state index contributed by atoms with van der Waals surface area (Å²) in [6.45, 7) is 30.2. The van der Waals surface area contributed by atoms with Crippen LogP contribution in [0.25, 0.3) is 0 Å². The molecule has 10 unspecified atom stereocenters. The predicted octanol–water partition coefficient (Wildman–Crippen LogP) is 11.0. The van der Waals surface area contributed by atoms with Crippen LogP contribution < -0.4 is 16.0 Å². The second-order valence-corrected chi connectivity index (χ2v) is 14.9. The molecular weight excluding hydrogens is 770 g/mol. The largest absolute Gasteiger partial charge is 0.311 e. The molecular formula is C38H81Ar6N3S. The maximum Gasteiger partial charge on any atom is 0.0201 e. The maximum atomic E-state index is 3.89. The fraction of sp³-hybridized carbons (Fsp3) is 1.00. The number of piperidine rings is 1. The normalized spacial score (nSPS) is 28.6. The third kappa shape index (κ3) is 27.5. The third-order valence-corrected chi connectivity index (χ3v) is 12.7. The topological polar surface area (TPSA) is 36.1 Å². The molecule has 0 aliphatic carbocycles. The second-order valence-electron chi connectivity index (χ2n) is 13.4. The molecule has 0 aromatic rings. The molecule has 0 bridgehead atoms. The first-order chi connectivity index (χ1) is 20.2. The van der Waals surface area contributed by atoms with Crippen molar-refractivity contribution in [1.82, 2.24) is 16.0 Å². The van der Waals surface area contributed by atoms with E-state index in [9.17, 15) is 0 Å². The van der Waals surface area contributed by atoms with E-state index in [1.54, 1.807) is 0 Å². The van der Waals surface area contributed by atoms with Gasteiger partial charge in [-0.05, 0) is 82.0 Å². The molecule has 302 valence electrons. The maximum absolute atomic E-state index is 3.89. The van der Waals surface area contributed by atoms with Crippen LogP contribution in [0.4, 0.5) is 0 Å². The Balaban J connectivity index is -0.0000000992. The molecule has 10 heteroatoms. The summed E-state index contributed by atoms with van der Waals surface area (Å²) in [5, 5.41) is 13.2. The van der Waals surface area contributed by atoms with E-state index in [2.05, 4.69) is 118 Å². The van der Waals surface area contributed by atoms with Gasteiger partial charge >= 0.3 is 0 Å². The molecule has 0 saturated carbocycles. The zero-order valence-electron chi connectivity index (χ0n) is 33.3. The smallest absolute Gasteiger partial charge is 0.0201 e. The summed E-state index contributed by atoms with van der Waals surface area (Å²) < 4.78 is 0. The van der Waals surface area contributed by atoms with Crippen LogP contribution in [0.3, 0.4) is 0 Å². The van der Waals surface area contributed by atoms with Crippen LogP contribution in [0.1, 0.15) is 180 Å². The van der Waals surface area contributed by atoms with Gasteiger partial charge < -0.3 is 16.0 Å². The van der Waals surface area contributed by atoms with E-state index in [1.165, 1.54) is 89.9 Å². The standard InChI is InChI=1S/C14H29N.C12H25NS.C12H27N.6Ar/c1-6-11-10(5)12(7-2)14(9-4)15-13(11)8-3;1-5-9-11(7-3)14-12(8-4)10(6-2)13-9;1-5-9-11(7-3)13-12(8-4)10-6-2;;;;;;/h10-15H,6-9H2,1-5H3;9-13H,5-8H2,1-4H3;11-13H,5-10H2,1-4H3;;;;;;. The number of hydrogen-bond acceptors (Lipinski definition) is 4. The van der Waals surface area contributed by atoms with Gasteiger partial charge in [0.05, 0.1) is 0 Å². The Bertz CT molecular complexity index is 563. The molecule has 0 amide bonds. The van der Waals surface area contributed by atoms with Gasteiger partial charge in [0.15, 0.2) is 0 Å². The van der Waals surface area contributed by atoms with Crippen LogP contribution in [-0.2, 0) is 0 Å². The summed E-state index contributed by atoms with van der Waals surface area (Å²) >= 11 is 2.23. The Hall–Kier alpha value is 7.79. The van der Waals surface area contributed by atoms with E-state index < -0.39 is 0 Å². The molecule has 0 aromatic heterocycles. The first kappa shape index (κ1) is 70.4. The molecule has 0 spiro atoms. The Labute approximate surface area is 488 Å². The van der Waals surface area contributed by atoms with Crippen LogP contribution in [0.5, 0.6) is 0 Å². The molecule has 0 radical (unpaired) electrons. The molecule has 2 fully saturated rings. The van der Waals surface area contributed by atoms with Gasteiger partial charge in [0.2, 0.25) is 0 Å². The molecule has 2 saturated heterocycles. The quantitative estimate of drug-likeness (QED) is 0.145. The minimum atomic E-state index is 0. The molecule has 2 heterocycles. The predicted molar refractivity (Wildman–Crippen MR) is 196 cm³/mol. The minimum absolute atomic E-state index is 0. The van der Waals surface area contributed by atoms with Gasteiger partial charge in [-0.15, -0.1) is 0 Å². The number of nitrogens with one attached hydrogen (secondary N) is 3. The van der Waals surface area contributed by atoms with Gasteiger partial charge in [-0.3, -0.25) is 0 Å². The van der Waals surface area contributed by atoms with Crippen LogP contribution >= 0.6 is 11.8 Å². The van der Waals surface area contributed by atoms with E-state index in [4.69, 9.17) is 0 Å². The molecule has 2 aliphatic heterocycles. The van der Waals surface area contributed by atoms with Crippen molar-refractivity contribution in [2.45, 2.75) is 227 Å². The summed E-state index contributed by atoms with van der Waals surface area (Å²) in [5.74, 6) is 2.68. The molecule has 48 heavy (non-hydrogen) atoms. The summed E-state index contributed by atoms with van der Waals surface area (Å²) in [4.78, 5) is 0. The molecule has 3 nitrogen and oxygen atoms in total. The van der Waals surface area contributed by atoms with Gasteiger partial charge in [0.25, 0.3) is 0 Å². The third-order valence-electron chi connectivity index (χ3n) is 10.7. The Morgan fingerprint density at radius 3 is 1.00 bits per heavy atom. The van der Waals surface area contributed by atoms with Crippen molar-refractivity contribution in [2.24, 2.45) is 17.8 Å². The summed E-state index contributed by atoms with van der Waals surface area (Å²) in [7, 11) is 0. The Morgan fingerprint density at radius 2 is 0.771 bits per heavy atom. The molecule has 3 N–H and O–H groups in total. The van der Waals surface area contributed by atoms with Crippen molar-refractivity contribution in [3.63, 3.8) is 0 Å². The fourth-order valence-corrected chi connectivity index (χ4v) is 9.75. The minimum Gasteiger partial charge on any atom is -0.311 e. The molecule has 2 rings (SSSR count). The van der Waals surface area contributed by atoms with Crippen molar-refractivity contribution in [3.05, 3.63) is 0 Å². The van der Waals surface area contributed by atoms with E-state index in [0.29, 0.717) is 0 Å². The van der Waals surface area contributed by atoms with Crippen molar-refractivity contribution < 1.29 is 226 Å². The summed E-state index contributed by atoms with van der Waals surface area (Å²) in [6.07, 6.45) is 18.2. The first-order valence-corrected chi connectivity index (χ1v) is 20.1. The van der Waals surface area contributed by atoms with Crippen molar-refractivity contribution in [2.75, 3.05) is 0 Å². The zero-order chi connectivity index (χ0) is 32.1.